The van der Waals surface area contributed by atoms with Crippen molar-refractivity contribution in [3.8, 4) is 0 Å². The Kier molecular flexibility index (Phi) is 3.52. The summed E-state index contributed by atoms with van der Waals surface area (Å²) >= 11 is 1.71. The maximum atomic E-state index is 12.3. The number of ether oxygens (including phenoxy) is 1. The van der Waals surface area contributed by atoms with E-state index in [1.165, 1.54) is 4.88 Å². The van der Waals surface area contributed by atoms with Crippen molar-refractivity contribution >= 4 is 17.4 Å². The lowest BCUT2D eigenvalue weighted by Gasteiger charge is -2.24. The number of thiophene rings is 1. The van der Waals surface area contributed by atoms with E-state index >= 15 is 0 Å². The fourth-order valence-electron chi connectivity index (χ4n) is 2.23. The highest BCUT2D eigenvalue weighted by Crippen LogP contribution is 2.29. The molecule has 1 saturated heterocycles. The van der Waals surface area contributed by atoms with Gasteiger partial charge in [0.15, 0.2) is 0 Å². The number of rotatable bonds is 4. The predicted molar refractivity (Wildman–Crippen MR) is 70.6 cm³/mol. The van der Waals surface area contributed by atoms with Gasteiger partial charge in [0.25, 0.3) is 0 Å². The summed E-state index contributed by atoms with van der Waals surface area (Å²) in [7, 11) is 0. The summed E-state index contributed by atoms with van der Waals surface area (Å²) in [6.45, 7) is 2.16. The SMILES string of the molecule is O=C(NC1CCOC1)N(Cc1cccs1)C1CC1. The van der Waals surface area contributed by atoms with Gasteiger partial charge in [0, 0.05) is 17.5 Å². The van der Waals surface area contributed by atoms with E-state index in [1.807, 2.05) is 11.0 Å². The summed E-state index contributed by atoms with van der Waals surface area (Å²) < 4.78 is 5.29. The molecule has 0 spiro atoms. The lowest BCUT2D eigenvalue weighted by molar-refractivity contribution is 0.175. The van der Waals surface area contributed by atoms with Gasteiger partial charge in [-0.05, 0) is 30.7 Å². The van der Waals surface area contributed by atoms with Gasteiger partial charge in [-0.2, -0.15) is 0 Å². The van der Waals surface area contributed by atoms with E-state index in [2.05, 4.69) is 16.8 Å². The van der Waals surface area contributed by atoms with Gasteiger partial charge in [0.05, 0.1) is 19.2 Å². The van der Waals surface area contributed by atoms with Crippen LogP contribution in [-0.4, -0.2) is 36.2 Å². The molecular formula is C13H18N2O2S. The first-order chi connectivity index (χ1) is 8.83. The molecule has 4 nitrogen and oxygen atoms in total. The third-order valence-electron chi connectivity index (χ3n) is 3.41. The average Bonchev–Trinajstić information content (AvgIpc) is 2.87. The summed E-state index contributed by atoms with van der Waals surface area (Å²) in [6.07, 6.45) is 3.21. The molecule has 2 aliphatic rings. The molecule has 2 fully saturated rings. The summed E-state index contributed by atoms with van der Waals surface area (Å²) in [4.78, 5) is 15.5. The molecule has 1 atom stereocenters. The highest BCUT2D eigenvalue weighted by molar-refractivity contribution is 7.09. The predicted octanol–water partition coefficient (Wildman–Crippen LogP) is 2.21. The maximum Gasteiger partial charge on any atom is 0.318 e. The van der Waals surface area contributed by atoms with Crippen molar-refractivity contribution in [3.63, 3.8) is 0 Å². The highest BCUT2D eigenvalue weighted by atomic mass is 32.1. The molecule has 18 heavy (non-hydrogen) atoms. The van der Waals surface area contributed by atoms with Crippen molar-refractivity contribution in [2.75, 3.05) is 13.2 Å². The monoisotopic (exact) mass is 266 g/mol. The van der Waals surface area contributed by atoms with Gasteiger partial charge in [0.1, 0.15) is 0 Å². The molecule has 3 rings (SSSR count). The zero-order chi connectivity index (χ0) is 12.4. The average molecular weight is 266 g/mol. The number of nitrogens with zero attached hydrogens (tertiary/aromatic N) is 1. The Hall–Kier alpha value is -1.07. The molecule has 0 aromatic carbocycles. The van der Waals surface area contributed by atoms with Crippen LogP contribution in [0.5, 0.6) is 0 Å². The number of urea groups is 1. The molecule has 98 valence electrons. The van der Waals surface area contributed by atoms with Crippen LogP contribution in [0.25, 0.3) is 0 Å². The third kappa shape index (κ3) is 2.84. The van der Waals surface area contributed by atoms with Crippen LogP contribution < -0.4 is 5.32 Å². The number of hydrogen-bond acceptors (Lipinski definition) is 3. The summed E-state index contributed by atoms with van der Waals surface area (Å²) in [6, 6.07) is 4.83. The molecule has 1 aromatic heterocycles. The topological polar surface area (TPSA) is 41.6 Å². The molecule has 1 aromatic rings. The second-order valence-corrected chi connectivity index (χ2v) is 5.98. The Morgan fingerprint density at radius 3 is 3.00 bits per heavy atom. The first-order valence-electron chi connectivity index (χ1n) is 6.50. The molecule has 1 aliphatic carbocycles. The first-order valence-corrected chi connectivity index (χ1v) is 7.38. The van der Waals surface area contributed by atoms with Crippen LogP contribution in [0.2, 0.25) is 0 Å². The van der Waals surface area contributed by atoms with Crippen molar-refractivity contribution in [1.82, 2.24) is 10.2 Å². The molecule has 5 heteroatoms. The Bertz CT molecular complexity index is 397. The van der Waals surface area contributed by atoms with Crippen LogP contribution in [0.3, 0.4) is 0 Å². The molecule has 2 heterocycles. The van der Waals surface area contributed by atoms with Crippen LogP contribution in [0.4, 0.5) is 4.79 Å². The van der Waals surface area contributed by atoms with E-state index in [0.29, 0.717) is 12.6 Å². The summed E-state index contributed by atoms with van der Waals surface area (Å²) in [5, 5.41) is 5.14. The Morgan fingerprint density at radius 1 is 1.50 bits per heavy atom. The van der Waals surface area contributed by atoms with Crippen molar-refractivity contribution in [1.29, 1.82) is 0 Å². The van der Waals surface area contributed by atoms with Crippen LogP contribution in [0.15, 0.2) is 17.5 Å². The van der Waals surface area contributed by atoms with Crippen LogP contribution in [0, 0.1) is 0 Å². The van der Waals surface area contributed by atoms with Crippen LogP contribution >= 0.6 is 11.3 Å². The van der Waals surface area contributed by atoms with E-state index in [9.17, 15) is 4.79 Å². The van der Waals surface area contributed by atoms with E-state index < -0.39 is 0 Å². The lowest BCUT2D eigenvalue weighted by Crippen LogP contribution is -2.45. The van der Waals surface area contributed by atoms with Gasteiger partial charge in [-0.1, -0.05) is 6.07 Å². The van der Waals surface area contributed by atoms with E-state index in [0.717, 1.165) is 32.4 Å². The standard InChI is InChI=1S/C13H18N2O2S/c16-13(14-10-5-6-17-9-10)15(11-3-4-11)8-12-2-1-7-18-12/h1-2,7,10-11H,3-6,8-9H2,(H,14,16). The highest BCUT2D eigenvalue weighted by Gasteiger charge is 2.33. The number of nitrogens with one attached hydrogen (secondary N) is 1. The van der Waals surface area contributed by atoms with Crippen molar-refractivity contribution in [3.05, 3.63) is 22.4 Å². The zero-order valence-corrected chi connectivity index (χ0v) is 11.1. The van der Waals surface area contributed by atoms with Gasteiger partial charge in [0.2, 0.25) is 0 Å². The molecule has 1 N–H and O–H groups in total. The summed E-state index contributed by atoms with van der Waals surface area (Å²) in [5.41, 5.74) is 0. The summed E-state index contributed by atoms with van der Waals surface area (Å²) in [5.74, 6) is 0. The fraction of sp³-hybridized carbons (Fsp3) is 0.615. The van der Waals surface area contributed by atoms with Gasteiger partial charge in [-0.25, -0.2) is 4.79 Å². The smallest absolute Gasteiger partial charge is 0.318 e. The Morgan fingerprint density at radius 2 is 2.39 bits per heavy atom. The van der Waals surface area contributed by atoms with Crippen LogP contribution in [-0.2, 0) is 11.3 Å². The van der Waals surface area contributed by atoms with Crippen molar-refractivity contribution in [2.45, 2.75) is 37.9 Å². The normalized spacial score (nSPS) is 23.0. The molecule has 2 amide bonds. The fourth-order valence-corrected chi connectivity index (χ4v) is 2.93. The minimum absolute atomic E-state index is 0.0707. The van der Waals surface area contributed by atoms with Gasteiger partial charge in [-0.3, -0.25) is 0 Å². The Labute approximate surface area is 111 Å². The molecular weight excluding hydrogens is 248 g/mol. The molecule has 1 unspecified atom stereocenters. The number of amides is 2. The third-order valence-corrected chi connectivity index (χ3v) is 4.27. The lowest BCUT2D eigenvalue weighted by atomic mass is 10.3. The van der Waals surface area contributed by atoms with E-state index in [-0.39, 0.29) is 12.1 Å². The van der Waals surface area contributed by atoms with Crippen LogP contribution in [0.1, 0.15) is 24.1 Å². The van der Waals surface area contributed by atoms with Gasteiger partial charge >= 0.3 is 6.03 Å². The minimum Gasteiger partial charge on any atom is -0.379 e. The zero-order valence-electron chi connectivity index (χ0n) is 10.3. The first kappa shape index (κ1) is 12.0. The molecule has 0 radical (unpaired) electrons. The minimum atomic E-state index is 0.0707. The Balaban J connectivity index is 1.60. The maximum absolute atomic E-state index is 12.3. The van der Waals surface area contributed by atoms with E-state index in [4.69, 9.17) is 4.74 Å². The number of hydrogen-bond donors (Lipinski definition) is 1. The van der Waals surface area contributed by atoms with E-state index in [1.54, 1.807) is 11.3 Å². The van der Waals surface area contributed by atoms with Crippen molar-refractivity contribution in [2.24, 2.45) is 0 Å². The largest absolute Gasteiger partial charge is 0.379 e. The molecule has 0 bridgehead atoms. The number of carbonyl (C=O) groups excluding carboxylic acids is 1. The second kappa shape index (κ2) is 5.28. The molecule has 1 saturated carbocycles. The van der Waals surface area contributed by atoms with Gasteiger partial charge < -0.3 is 15.0 Å². The van der Waals surface area contributed by atoms with Gasteiger partial charge in [-0.15, -0.1) is 11.3 Å². The molecule has 1 aliphatic heterocycles. The second-order valence-electron chi connectivity index (χ2n) is 4.95. The van der Waals surface area contributed by atoms with Crippen molar-refractivity contribution < 1.29 is 9.53 Å². The number of carbonyl (C=O) groups is 1. The quantitative estimate of drug-likeness (QED) is 0.908.